The van der Waals surface area contributed by atoms with Crippen molar-refractivity contribution < 1.29 is 0 Å². The third-order valence-electron chi connectivity index (χ3n) is 4.25. The third kappa shape index (κ3) is 6.30. The second-order valence-corrected chi connectivity index (χ2v) is 6.46. The molecule has 0 unspecified atom stereocenters. The SMILES string of the molecule is CC(=Cc1ccccc1)c1ccccc1.c1ccc(Nc2ccccc2)cc1. The molecule has 0 fully saturated rings. The summed E-state index contributed by atoms with van der Waals surface area (Å²) in [7, 11) is 0. The predicted molar refractivity (Wildman–Crippen MR) is 123 cm³/mol. The van der Waals surface area contributed by atoms with Crippen LogP contribution in [0.4, 0.5) is 11.4 Å². The lowest BCUT2D eigenvalue weighted by Gasteiger charge is -2.04. The van der Waals surface area contributed by atoms with Crippen molar-refractivity contribution in [2.45, 2.75) is 6.92 Å². The molecule has 0 heterocycles. The number of anilines is 2. The Bertz CT molecular complexity index is 922. The van der Waals surface area contributed by atoms with E-state index in [1.54, 1.807) is 0 Å². The first-order chi connectivity index (χ1) is 13.8. The number of benzene rings is 4. The van der Waals surface area contributed by atoms with Gasteiger partial charge in [-0.15, -0.1) is 0 Å². The van der Waals surface area contributed by atoms with E-state index in [1.165, 1.54) is 16.7 Å². The van der Waals surface area contributed by atoms with E-state index in [-0.39, 0.29) is 0 Å². The maximum absolute atomic E-state index is 3.30. The fourth-order valence-electron chi connectivity index (χ4n) is 2.79. The fourth-order valence-corrected chi connectivity index (χ4v) is 2.79. The van der Waals surface area contributed by atoms with Gasteiger partial charge in [-0.3, -0.25) is 0 Å². The van der Waals surface area contributed by atoms with E-state index in [9.17, 15) is 0 Å². The maximum atomic E-state index is 3.30. The van der Waals surface area contributed by atoms with Crippen molar-refractivity contribution in [2.75, 3.05) is 5.32 Å². The summed E-state index contributed by atoms with van der Waals surface area (Å²) in [6.07, 6.45) is 2.20. The molecular formula is C27H25N. The first kappa shape index (κ1) is 19.2. The van der Waals surface area contributed by atoms with Gasteiger partial charge in [-0.05, 0) is 47.9 Å². The normalized spacial score (nSPS) is 10.5. The Hall–Kier alpha value is -3.58. The second-order valence-electron chi connectivity index (χ2n) is 6.46. The molecule has 0 atom stereocenters. The van der Waals surface area contributed by atoms with E-state index in [4.69, 9.17) is 0 Å². The van der Waals surface area contributed by atoms with E-state index < -0.39 is 0 Å². The molecule has 0 saturated heterocycles. The quantitative estimate of drug-likeness (QED) is 0.367. The average Bonchev–Trinajstić information content (AvgIpc) is 2.77. The monoisotopic (exact) mass is 363 g/mol. The topological polar surface area (TPSA) is 12.0 Å². The van der Waals surface area contributed by atoms with Gasteiger partial charge in [0.15, 0.2) is 0 Å². The minimum absolute atomic E-state index is 1.12. The van der Waals surface area contributed by atoms with Gasteiger partial charge in [-0.25, -0.2) is 0 Å². The zero-order valence-corrected chi connectivity index (χ0v) is 16.1. The summed E-state index contributed by atoms with van der Waals surface area (Å²) in [5.41, 5.74) is 6.06. The van der Waals surface area contributed by atoms with E-state index in [1.807, 2.05) is 72.8 Å². The van der Waals surface area contributed by atoms with Crippen LogP contribution in [0.15, 0.2) is 121 Å². The minimum Gasteiger partial charge on any atom is -0.356 e. The summed E-state index contributed by atoms with van der Waals surface area (Å²) in [4.78, 5) is 0. The van der Waals surface area contributed by atoms with Gasteiger partial charge in [0.05, 0.1) is 0 Å². The zero-order valence-electron chi connectivity index (χ0n) is 16.1. The third-order valence-corrected chi connectivity index (χ3v) is 4.25. The van der Waals surface area contributed by atoms with Gasteiger partial charge in [0.2, 0.25) is 0 Å². The molecule has 28 heavy (non-hydrogen) atoms. The van der Waals surface area contributed by atoms with E-state index in [0.717, 1.165) is 11.4 Å². The Kier molecular flexibility index (Phi) is 7.22. The molecule has 0 aliphatic rings. The van der Waals surface area contributed by atoms with Crippen molar-refractivity contribution >= 4 is 23.0 Å². The van der Waals surface area contributed by atoms with Gasteiger partial charge < -0.3 is 5.32 Å². The van der Waals surface area contributed by atoms with Crippen LogP contribution in [0.25, 0.3) is 11.6 Å². The van der Waals surface area contributed by atoms with E-state index >= 15 is 0 Å². The lowest BCUT2D eigenvalue weighted by molar-refractivity contribution is 1.55. The molecule has 1 N–H and O–H groups in total. The van der Waals surface area contributed by atoms with Crippen LogP contribution in [0, 0.1) is 0 Å². The Labute approximate surface area is 168 Å². The highest BCUT2D eigenvalue weighted by atomic mass is 14.9. The van der Waals surface area contributed by atoms with Crippen molar-refractivity contribution in [1.29, 1.82) is 0 Å². The van der Waals surface area contributed by atoms with Crippen LogP contribution in [-0.4, -0.2) is 0 Å². The second kappa shape index (κ2) is 10.5. The van der Waals surface area contributed by atoms with E-state index in [0.29, 0.717) is 0 Å². The Balaban J connectivity index is 0.000000162. The minimum atomic E-state index is 1.12. The molecule has 0 aromatic heterocycles. The highest BCUT2D eigenvalue weighted by Gasteiger charge is 1.93. The molecule has 0 bridgehead atoms. The van der Waals surface area contributed by atoms with Crippen molar-refractivity contribution in [1.82, 2.24) is 0 Å². The Morgan fingerprint density at radius 3 is 1.39 bits per heavy atom. The van der Waals surface area contributed by atoms with Gasteiger partial charge in [0.25, 0.3) is 0 Å². The molecule has 4 aromatic carbocycles. The largest absolute Gasteiger partial charge is 0.356 e. The van der Waals surface area contributed by atoms with Crippen LogP contribution in [0.3, 0.4) is 0 Å². The Morgan fingerprint density at radius 1 is 0.536 bits per heavy atom. The lowest BCUT2D eigenvalue weighted by Crippen LogP contribution is -1.87. The first-order valence-electron chi connectivity index (χ1n) is 9.47. The lowest BCUT2D eigenvalue weighted by atomic mass is 10.0. The number of rotatable bonds is 4. The van der Waals surface area contributed by atoms with E-state index in [2.05, 4.69) is 66.8 Å². The van der Waals surface area contributed by atoms with Crippen molar-refractivity contribution in [2.24, 2.45) is 0 Å². The maximum Gasteiger partial charge on any atom is 0.0384 e. The van der Waals surface area contributed by atoms with Crippen LogP contribution in [0.1, 0.15) is 18.1 Å². The molecule has 4 aromatic rings. The summed E-state index contributed by atoms with van der Waals surface area (Å²) < 4.78 is 0. The molecule has 4 rings (SSSR count). The number of nitrogens with one attached hydrogen (secondary N) is 1. The standard InChI is InChI=1S/C15H14.C12H11N/c1-13(15-10-6-3-7-11-15)12-14-8-4-2-5-9-14;1-3-7-11(8-4-1)13-12-9-5-2-6-10-12/h2-12H,1H3;1-10,13H. The van der Waals surface area contributed by atoms with Gasteiger partial charge in [0, 0.05) is 11.4 Å². The summed E-state index contributed by atoms with van der Waals surface area (Å²) in [5, 5.41) is 3.30. The molecule has 138 valence electrons. The van der Waals surface area contributed by atoms with Crippen molar-refractivity contribution in [3.8, 4) is 0 Å². The molecule has 0 spiro atoms. The number of hydrogen-bond acceptors (Lipinski definition) is 1. The van der Waals surface area contributed by atoms with Gasteiger partial charge in [-0.1, -0.05) is 103 Å². The Morgan fingerprint density at radius 2 is 0.929 bits per heavy atom. The number of hydrogen-bond donors (Lipinski definition) is 1. The summed E-state index contributed by atoms with van der Waals surface area (Å²) >= 11 is 0. The number of para-hydroxylation sites is 2. The summed E-state index contributed by atoms with van der Waals surface area (Å²) in [5.74, 6) is 0. The molecule has 0 aliphatic heterocycles. The molecule has 0 radical (unpaired) electrons. The molecular weight excluding hydrogens is 338 g/mol. The van der Waals surface area contributed by atoms with Gasteiger partial charge >= 0.3 is 0 Å². The predicted octanol–water partition coefficient (Wildman–Crippen LogP) is 7.68. The summed E-state index contributed by atoms with van der Waals surface area (Å²) in [6, 6.07) is 41.1. The molecule has 1 heteroatoms. The van der Waals surface area contributed by atoms with Crippen molar-refractivity contribution in [3.05, 3.63) is 132 Å². The highest BCUT2D eigenvalue weighted by Crippen LogP contribution is 2.17. The van der Waals surface area contributed by atoms with Crippen molar-refractivity contribution in [3.63, 3.8) is 0 Å². The van der Waals surface area contributed by atoms with Crippen LogP contribution in [0.5, 0.6) is 0 Å². The molecule has 1 nitrogen and oxygen atoms in total. The molecule has 0 saturated carbocycles. The van der Waals surface area contributed by atoms with Crippen LogP contribution >= 0.6 is 0 Å². The highest BCUT2D eigenvalue weighted by molar-refractivity contribution is 5.79. The van der Waals surface area contributed by atoms with Crippen LogP contribution in [0.2, 0.25) is 0 Å². The first-order valence-corrected chi connectivity index (χ1v) is 9.47. The zero-order chi connectivity index (χ0) is 19.4. The molecule has 0 amide bonds. The van der Waals surface area contributed by atoms with Crippen LogP contribution < -0.4 is 5.32 Å². The smallest absolute Gasteiger partial charge is 0.0384 e. The fraction of sp³-hybridized carbons (Fsp3) is 0.0370. The van der Waals surface area contributed by atoms with Gasteiger partial charge in [-0.2, -0.15) is 0 Å². The average molecular weight is 364 g/mol. The van der Waals surface area contributed by atoms with Crippen LogP contribution in [-0.2, 0) is 0 Å². The van der Waals surface area contributed by atoms with Gasteiger partial charge in [0.1, 0.15) is 0 Å². The molecule has 0 aliphatic carbocycles. The summed E-state index contributed by atoms with van der Waals surface area (Å²) in [6.45, 7) is 2.14. The number of allylic oxidation sites excluding steroid dienone is 1.